The molecular weight excluding hydrogens is 339 g/mol. The average molecular weight is 359 g/mol. The number of alkyl halides is 1. The molecule has 0 heterocycles. The van der Waals surface area contributed by atoms with Gasteiger partial charge in [0, 0.05) is 11.1 Å². The van der Waals surface area contributed by atoms with Crippen molar-refractivity contribution in [2.75, 3.05) is 6.67 Å². The molecule has 0 bridgehead atoms. The molecule has 0 aliphatic carbocycles. The molecule has 2 aromatic carbocycles. The van der Waals surface area contributed by atoms with Crippen LogP contribution in [-0.2, 0) is 5.41 Å². The Hall–Kier alpha value is -2.63. The van der Waals surface area contributed by atoms with Gasteiger partial charge in [-0.25, -0.2) is 13.2 Å². The minimum atomic E-state index is -1.80. The monoisotopic (exact) mass is 359 g/mol. The lowest BCUT2D eigenvalue weighted by Gasteiger charge is -2.39. The largest absolute Gasteiger partial charge is 0.377 e. The molecule has 0 aromatic heterocycles. The summed E-state index contributed by atoms with van der Waals surface area (Å²) in [6.07, 6.45) is 3.63. The third-order valence-electron chi connectivity index (χ3n) is 4.18. The number of hydrogen-bond donors (Lipinski definition) is 2. The minimum Gasteiger partial charge on any atom is -0.377 e. The van der Waals surface area contributed by atoms with E-state index in [1.54, 1.807) is 12.1 Å². The standard InChI is InChI=1S/C21H20F3NO/c1-2-8-15(9-7-14-22)21(20(25)26,16-10-3-5-12-18(16)23)17-11-4-6-13-19(17)24/h2-13,20,26H,1,14,25H2/b9-7-,15-8+. The zero-order valence-corrected chi connectivity index (χ0v) is 14.1. The maximum absolute atomic E-state index is 14.7. The van der Waals surface area contributed by atoms with Crippen molar-refractivity contribution in [1.82, 2.24) is 0 Å². The molecule has 136 valence electrons. The van der Waals surface area contributed by atoms with Gasteiger partial charge in [0.25, 0.3) is 0 Å². The van der Waals surface area contributed by atoms with Gasteiger partial charge in [-0.1, -0.05) is 67.3 Å². The van der Waals surface area contributed by atoms with E-state index in [0.717, 1.165) is 0 Å². The van der Waals surface area contributed by atoms with Gasteiger partial charge in [-0.2, -0.15) is 0 Å². The maximum Gasteiger partial charge on any atom is 0.127 e. The fourth-order valence-corrected chi connectivity index (χ4v) is 3.12. The number of aliphatic hydroxyl groups excluding tert-OH is 1. The second kappa shape index (κ2) is 8.65. The zero-order valence-electron chi connectivity index (χ0n) is 14.1. The molecule has 1 unspecified atom stereocenters. The molecule has 26 heavy (non-hydrogen) atoms. The summed E-state index contributed by atoms with van der Waals surface area (Å²) in [7, 11) is 0. The highest BCUT2D eigenvalue weighted by Gasteiger charge is 2.45. The van der Waals surface area contributed by atoms with E-state index in [-0.39, 0.29) is 16.7 Å². The first-order chi connectivity index (χ1) is 12.5. The normalized spacial score (nSPS) is 13.8. The van der Waals surface area contributed by atoms with Crippen LogP contribution in [0.3, 0.4) is 0 Å². The molecule has 0 amide bonds. The van der Waals surface area contributed by atoms with E-state index in [4.69, 9.17) is 5.73 Å². The number of nitrogens with two attached hydrogens (primary N) is 1. The molecule has 0 spiro atoms. The molecule has 2 rings (SSSR count). The van der Waals surface area contributed by atoms with Crippen molar-refractivity contribution < 1.29 is 18.3 Å². The van der Waals surface area contributed by atoms with E-state index in [1.807, 2.05) is 0 Å². The van der Waals surface area contributed by atoms with Crippen LogP contribution in [0.2, 0.25) is 0 Å². The third kappa shape index (κ3) is 3.49. The molecule has 3 N–H and O–H groups in total. The van der Waals surface area contributed by atoms with Crippen LogP contribution in [0.1, 0.15) is 11.1 Å². The maximum atomic E-state index is 14.7. The number of rotatable bonds is 7. The lowest BCUT2D eigenvalue weighted by molar-refractivity contribution is 0.123. The predicted molar refractivity (Wildman–Crippen MR) is 97.2 cm³/mol. The van der Waals surface area contributed by atoms with Crippen molar-refractivity contribution >= 4 is 0 Å². The number of aliphatic hydroxyl groups is 1. The molecule has 0 aliphatic rings. The first-order valence-electron chi connectivity index (χ1n) is 7.99. The first kappa shape index (κ1) is 19.7. The fraction of sp³-hybridized carbons (Fsp3) is 0.143. The molecule has 2 nitrogen and oxygen atoms in total. The van der Waals surface area contributed by atoms with E-state index >= 15 is 0 Å². The SMILES string of the molecule is C=C/C=C(\C=C/CF)C(c1ccccc1F)(c1ccccc1F)C(N)O. The summed E-state index contributed by atoms with van der Waals surface area (Å²) in [6, 6.07) is 11.3. The summed E-state index contributed by atoms with van der Waals surface area (Å²) < 4.78 is 42.3. The minimum absolute atomic E-state index is 0.0308. The van der Waals surface area contributed by atoms with E-state index in [9.17, 15) is 18.3 Å². The number of allylic oxidation sites excluding steroid dienone is 4. The smallest absolute Gasteiger partial charge is 0.127 e. The van der Waals surface area contributed by atoms with Crippen molar-refractivity contribution in [2.45, 2.75) is 11.6 Å². The zero-order chi connectivity index (χ0) is 19.2. The fourth-order valence-electron chi connectivity index (χ4n) is 3.12. The summed E-state index contributed by atoms with van der Waals surface area (Å²) in [5.74, 6) is -1.35. The van der Waals surface area contributed by atoms with Crippen LogP contribution in [0.25, 0.3) is 0 Å². The summed E-state index contributed by atoms with van der Waals surface area (Å²) in [4.78, 5) is 0. The van der Waals surface area contributed by atoms with E-state index in [1.165, 1.54) is 60.7 Å². The van der Waals surface area contributed by atoms with Gasteiger partial charge in [0.2, 0.25) is 0 Å². The van der Waals surface area contributed by atoms with E-state index in [0.29, 0.717) is 0 Å². The van der Waals surface area contributed by atoms with Crippen molar-refractivity contribution in [3.63, 3.8) is 0 Å². The van der Waals surface area contributed by atoms with Crippen LogP contribution in [0.15, 0.2) is 85.0 Å². The highest BCUT2D eigenvalue weighted by Crippen LogP contribution is 2.44. The van der Waals surface area contributed by atoms with Gasteiger partial charge in [0.15, 0.2) is 0 Å². The molecule has 5 heteroatoms. The van der Waals surface area contributed by atoms with Crippen molar-refractivity contribution in [3.8, 4) is 0 Å². The third-order valence-corrected chi connectivity index (χ3v) is 4.18. The summed E-state index contributed by atoms with van der Waals surface area (Å²) in [5, 5.41) is 10.6. The molecule has 0 fully saturated rings. The number of halogens is 3. The second-order valence-corrected chi connectivity index (χ2v) is 5.63. The summed E-state index contributed by atoms with van der Waals surface area (Å²) in [5.41, 5.74) is 4.24. The van der Waals surface area contributed by atoms with Crippen molar-refractivity contribution in [2.24, 2.45) is 5.73 Å². The Balaban J connectivity index is 2.98. The first-order valence-corrected chi connectivity index (χ1v) is 7.99. The molecule has 2 aromatic rings. The summed E-state index contributed by atoms with van der Waals surface area (Å²) in [6.45, 7) is 2.81. The van der Waals surface area contributed by atoms with Crippen LogP contribution in [0.5, 0.6) is 0 Å². The lowest BCUT2D eigenvalue weighted by atomic mass is 9.67. The van der Waals surface area contributed by atoms with Crippen LogP contribution < -0.4 is 5.73 Å². The van der Waals surface area contributed by atoms with E-state index < -0.39 is 30.0 Å². The Morgan fingerprint density at radius 3 is 1.96 bits per heavy atom. The molecule has 0 saturated carbocycles. The Bertz CT molecular complexity index is 782. The number of hydrogen-bond acceptors (Lipinski definition) is 2. The second-order valence-electron chi connectivity index (χ2n) is 5.63. The average Bonchev–Trinajstić information content (AvgIpc) is 2.62. The molecular formula is C21H20F3NO. The van der Waals surface area contributed by atoms with Gasteiger partial charge in [-0.15, -0.1) is 0 Å². The topological polar surface area (TPSA) is 46.2 Å². The van der Waals surface area contributed by atoms with Crippen molar-refractivity contribution in [3.05, 3.63) is 108 Å². The number of benzene rings is 2. The van der Waals surface area contributed by atoms with Crippen LogP contribution in [0.4, 0.5) is 13.2 Å². The van der Waals surface area contributed by atoms with Crippen LogP contribution in [-0.4, -0.2) is 18.0 Å². The quantitative estimate of drug-likeness (QED) is 0.576. The molecule has 0 aliphatic heterocycles. The van der Waals surface area contributed by atoms with Gasteiger partial charge in [-0.05, 0) is 17.7 Å². The Kier molecular flexibility index (Phi) is 6.55. The Morgan fingerprint density at radius 2 is 1.58 bits per heavy atom. The molecule has 1 atom stereocenters. The lowest BCUT2D eigenvalue weighted by Crippen LogP contribution is -2.48. The highest BCUT2D eigenvalue weighted by molar-refractivity contribution is 5.55. The van der Waals surface area contributed by atoms with Gasteiger partial charge in [0.1, 0.15) is 24.5 Å². The van der Waals surface area contributed by atoms with Crippen LogP contribution >= 0.6 is 0 Å². The molecule has 0 radical (unpaired) electrons. The summed E-state index contributed by atoms with van der Waals surface area (Å²) >= 11 is 0. The predicted octanol–water partition coefficient (Wildman–Crippen LogP) is 4.17. The van der Waals surface area contributed by atoms with Gasteiger partial charge in [0.05, 0.1) is 5.41 Å². The van der Waals surface area contributed by atoms with Gasteiger partial charge >= 0.3 is 0 Å². The Labute approximate surface area is 150 Å². The van der Waals surface area contributed by atoms with Crippen molar-refractivity contribution in [1.29, 1.82) is 0 Å². The Morgan fingerprint density at radius 1 is 1.08 bits per heavy atom. The molecule has 0 saturated heterocycles. The van der Waals surface area contributed by atoms with Gasteiger partial charge in [-0.3, -0.25) is 0 Å². The van der Waals surface area contributed by atoms with Crippen LogP contribution in [0, 0.1) is 11.6 Å². The van der Waals surface area contributed by atoms with E-state index in [2.05, 4.69) is 6.58 Å². The van der Waals surface area contributed by atoms with Gasteiger partial charge < -0.3 is 10.8 Å². The highest BCUT2D eigenvalue weighted by atomic mass is 19.1.